The molecule has 1 aromatic heterocycles. The van der Waals surface area contributed by atoms with Crippen molar-refractivity contribution in [3.8, 4) is 0 Å². The lowest BCUT2D eigenvalue weighted by molar-refractivity contribution is 0.0697. The third kappa shape index (κ3) is 2.97. The average molecular weight is 244 g/mol. The molecule has 0 saturated carbocycles. The van der Waals surface area contributed by atoms with E-state index >= 15 is 0 Å². The monoisotopic (exact) mass is 244 g/mol. The van der Waals surface area contributed by atoms with Crippen LogP contribution in [0.4, 0.5) is 0 Å². The highest BCUT2D eigenvalue weighted by molar-refractivity contribution is 5.87. The van der Waals surface area contributed by atoms with Gasteiger partial charge in [-0.15, -0.1) is 0 Å². The number of imidazole rings is 1. The molecule has 0 bridgehead atoms. The first-order valence-corrected chi connectivity index (χ1v) is 5.96. The number of hydrogen-bond donors (Lipinski definition) is 1. The van der Waals surface area contributed by atoms with Gasteiger partial charge in [-0.05, 0) is 30.0 Å². The van der Waals surface area contributed by atoms with Crippen LogP contribution >= 0.6 is 0 Å². The fourth-order valence-corrected chi connectivity index (χ4v) is 1.88. The molecule has 0 radical (unpaired) electrons. The average Bonchev–Trinajstić information content (AvgIpc) is 2.89. The van der Waals surface area contributed by atoms with Crippen LogP contribution in [0, 0.1) is 0 Å². The Morgan fingerprint density at radius 3 is 2.67 bits per heavy atom. The summed E-state index contributed by atoms with van der Waals surface area (Å²) >= 11 is 0. The molecule has 0 spiro atoms. The predicted molar refractivity (Wildman–Crippen MR) is 68.7 cm³/mol. The van der Waals surface area contributed by atoms with Crippen LogP contribution in [0.15, 0.2) is 43.0 Å². The zero-order chi connectivity index (χ0) is 13.0. The third-order valence-electron chi connectivity index (χ3n) is 3.11. The normalized spacial score (nSPS) is 12.3. The van der Waals surface area contributed by atoms with Crippen molar-refractivity contribution in [3.63, 3.8) is 0 Å². The van der Waals surface area contributed by atoms with Crippen molar-refractivity contribution in [2.24, 2.45) is 0 Å². The smallest absolute Gasteiger partial charge is 0.335 e. The van der Waals surface area contributed by atoms with Crippen molar-refractivity contribution in [1.29, 1.82) is 0 Å². The molecule has 0 aliphatic carbocycles. The molecular weight excluding hydrogens is 228 g/mol. The van der Waals surface area contributed by atoms with E-state index in [4.69, 9.17) is 5.11 Å². The van der Waals surface area contributed by atoms with E-state index in [0.29, 0.717) is 11.5 Å². The van der Waals surface area contributed by atoms with Crippen LogP contribution in [0.5, 0.6) is 0 Å². The van der Waals surface area contributed by atoms with Crippen LogP contribution < -0.4 is 0 Å². The van der Waals surface area contributed by atoms with Gasteiger partial charge in [0.05, 0.1) is 11.9 Å². The first-order chi connectivity index (χ1) is 8.66. The van der Waals surface area contributed by atoms with Gasteiger partial charge in [0.25, 0.3) is 0 Å². The molecule has 1 N–H and O–H groups in total. The maximum absolute atomic E-state index is 10.8. The molecular formula is C14H16N2O2. The molecule has 94 valence electrons. The van der Waals surface area contributed by atoms with Crippen LogP contribution in [0.3, 0.4) is 0 Å². The molecule has 0 aliphatic heterocycles. The van der Waals surface area contributed by atoms with Gasteiger partial charge in [0.1, 0.15) is 0 Å². The van der Waals surface area contributed by atoms with Crippen LogP contribution in [0.2, 0.25) is 0 Å². The van der Waals surface area contributed by atoms with Crippen molar-refractivity contribution < 1.29 is 9.90 Å². The van der Waals surface area contributed by atoms with E-state index < -0.39 is 5.97 Å². The first-order valence-electron chi connectivity index (χ1n) is 5.96. The highest BCUT2D eigenvalue weighted by Gasteiger charge is 2.07. The molecule has 2 aromatic rings. The number of aryl methyl sites for hydroxylation is 1. The van der Waals surface area contributed by atoms with E-state index in [1.807, 2.05) is 22.9 Å². The summed E-state index contributed by atoms with van der Waals surface area (Å²) in [6.07, 6.45) is 6.52. The van der Waals surface area contributed by atoms with Crippen molar-refractivity contribution in [3.05, 3.63) is 54.1 Å². The van der Waals surface area contributed by atoms with Gasteiger partial charge in [-0.1, -0.05) is 19.1 Å². The Labute approximate surface area is 106 Å². The van der Waals surface area contributed by atoms with E-state index in [0.717, 1.165) is 13.0 Å². The molecule has 0 saturated heterocycles. The molecule has 4 heteroatoms. The Balaban J connectivity index is 1.96. The second-order valence-electron chi connectivity index (χ2n) is 4.42. The Bertz CT molecular complexity index is 503. The minimum absolute atomic E-state index is 0.334. The zero-order valence-electron chi connectivity index (χ0n) is 10.3. The van der Waals surface area contributed by atoms with Gasteiger partial charge in [0.15, 0.2) is 0 Å². The molecule has 1 aromatic carbocycles. The van der Waals surface area contributed by atoms with E-state index in [-0.39, 0.29) is 0 Å². The number of carbonyl (C=O) groups is 1. The number of carboxylic acids is 1. The number of benzene rings is 1. The Morgan fingerprint density at radius 1 is 1.39 bits per heavy atom. The van der Waals surface area contributed by atoms with Crippen molar-refractivity contribution in [2.75, 3.05) is 0 Å². The fourth-order valence-electron chi connectivity index (χ4n) is 1.88. The summed E-state index contributed by atoms with van der Waals surface area (Å²) in [4.78, 5) is 14.8. The molecule has 0 fully saturated rings. The van der Waals surface area contributed by atoms with Crippen LogP contribution in [0.1, 0.15) is 35.2 Å². The predicted octanol–water partition coefficient (Wildman–Crippen LogP) is 2.78. The third-order valence-corrected chi connectivity index (χ3v) is 3.11. The zero-order valence-corrected chi connectivity index (χ0v) is 10.3. The van der Waals surface area contributed by atoms with Gasteiger partial charge in [0.2, 0.25) is 0 Å². The standard InChI is InChI=1S/C14H16N2O2/c1-11(6-8-16-9-7-15-10-16)12-2-4-13(5-3-12)14(17)18/h2-5,7,9-11H,6,8H2,1H3,(H,17,18). The molecule has 1 heterocycles. The molecule has 1 atom stereocenters. The second kappa shape index (κ2) is 5.49. The summed E-state index contributed by atoms with van der Waals surface area (Å²) in [6.45, 7) is 3.06. The number of aromatic nitrogens is 2. The number of rotatable bonds is 5. The summed E-state index contributed by atoms with van der Waals surface area (Å²) in [7, 11) is 0. The van der Waals surface area contributed by atoms with E-state index in [1.165, 1.54) is 5.56 Å². The molecule has 0 aliphatic rings. The van der Waals surface area contributed by atoms with Gasteiger partial charge in [-0.25, -0.2) is 9.78 Å². The number of carboxylic acid groups (broad SMARTS) is 1. The lowest BCUT2D eigenvalue weighted by Crippen LogP contribution is -2.02. The van der Waals surface area contributed by atoms with Crippen molar-refractivity contribution in [1.82, 2.24) is 9.55 Å². The molecule has 18 heavy (non-hydrogen) atoms. The topological polar surface area (TPSA) is 55.1 Å². The summed E-state index contributed by atoms with van der Waals surface area (Å²) in [5.74, 6) is -0.483. The van der Waals surface area contributed by atoms with Gasteiger partial charge >= 0.3 is 5.97 Å². The Kier molecular flexibility index (Phi) is 3.77. The minimum Gasteiger partial charge on any atom is -0.478 e. The Morgan fingerprint density at radius 2 is 2.11 bits per heavy atom. The van der Waals surface area contributed by atoms with Gasteiger partial charge < -0.3 is 9.67 Å². The minimum atomic E-state index is -0.882. The maximum Gasteiger partial charge on any atom is 0.335 e. The molecule has 1 unspecified atom stereocenters. The SMILES string of the molecule is CC(CCn1ccnc1)c1ccc(C(=O)O)cc1. The summed E-state index contributed by atoms with van der Waals surface area (Å²) in [5.41, 5.74) is 1.50. The van der Waals surface area contributed by atoms with Crippen LogP contribution in [0.25, 0.3) is 0 Å². The quantitative estimate of drug-likeness (QED) is 0.879. The van der Waals surface area contributed by atoms with Crippen molar-refractivity contribution >= 4 is 5.97 Å². The lowest BCUT2D eigenvalue weighted by Gasteiger charge is -2.12. The maximum atomic E-state index is 10.8. The van der Waals surface area contributed by atoms with E-state index in [1.54, 1.807) is 24.7 Å². The van der Waals surface area contributed by atoms with Gasteiger partial charge in [-0.2, -0.15) is 0 Å². The van der Waals surface area contributed by atoms with Crippen molar-refractivity contribution in [2.45, 2.75) is 25.8 Å². The lowest BCUT2D eigenvalue weighted by atomic mass is 9.97. The Hall–Kier alpha value is -2.10. The summed E-state index contributed by atoms with van der Waals surface area (Å²) in [6, 6.07) is 7.10. The number of aromatic carboxylic acids is 1. The summed E-state index contributed by atoms with van der Waals surface area (Å²) < 4.78 is 2.04. The molecule has 0 amide bonds. The molecule has 2 rings (SSSR count). The van der Waals surface area contributed by atoms with Gasteiger partial charge in [0, 0.05) is 18.9 Å². The van der Waals surface area contributed by atoms with Crippen LogP contribution in [-0.2, 0) is 6.54 Å². The second-order valence-corrected chi connectivity index (χ2v) is 4.42. The highest BCUT2D eigenvalue weighted by atomic mass is 16.4. The van der Waals surface area contributed by atoms with E-state index in [2.05, 4.69) is 11.9 Å². The number of nitrogens with zero attached hydrogens (tertiary/aromatic N) is 2. The summed E-state index contributed by atoms with van der Waals surface area (Å²) in [5, 5.41) is 8.83. The van der Waals surface area contributed by atoms with Crippen LogP contribution in [-0.4, -0.2) is 20.6 Å². The highest BCUT2D eigenvalue weighted by Crippen LogP contribution is 2.20. The number of hydrogen-bond acceptors (Lipinski definition) is 2. The molecule has 4 nitrogen and oxygen atoms in total. The first kappa shape index (κ1) is 12.4. The largest absolute Gasteiger partial charge is 0.478 e. The van der Waals surface area contributed by atoms with Gasteiger partial charge in [-0.3, -0.25) is 0 Å². The van der Waals surface area contributed by atoms with E-state index in [9.17, 15) is 4.79 Å². The fraction of sp³-hybridized carbons (Fsp3) is 0.286.